The van der Waals surface area contributed by atoms with Crippen LogP contribution in [0, 0.1) is 0 Å². The Morgan fingerprint density at radius 1 is 1.20 bits per heavy atom. The number of nitrogens with zero attached hydrogens (tertiary/aromatic N) is 4. The van der Waals surface area contributed by atoms with E-state index in [0.29, 0.717) is 17.5 Å². The minimum Gasteiger partial charge on any atom is -0.349 e. The van der Waals surface area contributed by atoms with E-state index in [9.17, 15) is 0 Å². The van der Waals surface area contributed by atoms with Crippen LogP contribution in [-0.2, 0) is 6.54 Å². The van der Waals surface area contributed by atoms with E-state index in [1.807, 2.05) is 6.07 Å². The van der Waals surface area contributed by atoms with Crippen molar-refractivity contribution >= 4 is 17.5 Å². The fourth-order valence-electron chi connectivity index (χ4n) is 0.996. The summed E-state index contributed by atoms with van der Waals surface area (Å²) in [7, 11) is 0. The van der Waals surface area contributed by atoms with Crippen LogP contribution in [-0.4, -0.2) is 19.9 Å². The highest BCUT2D eigenvalue weighted by atomic mass is 35.5. The minimum absolute atomic E-state index is 0.516. The van der Waals surface area contributed by atoms with Crippen LogP contribution in [0.2, 0.25) is 5.02 Å². The molecule has 0 saturated heterocycles. The number of hydrogen-bond acceptors (Lipinski definition) is 5. The van der Waals surface area contributed by atoms with Gasteiger partial charge in [0, 0.05) is 6.20 Å². The van der Waals surface area contributed by atoms with Gasteiger partial charge >= 0.3 is 0 Å². The van der Waals surface area contributed by atoms with E-state index >= 15 is 0 Å². The van der Waals surface area contributed by atoms with Crippen molar-refractivity contribution in [1.29, 1.82) is 0 Å². The van der Waals surface area contributed by atoms with Crippen molar-refractivity contribution < 1.29 is 0 Å². The first kappa shape index (κ1) is 9.79. The smallest absolute Gasteiger partial charge is 0.222 e. The zero-order valence-corrected chi connectivity index (χ0v) is 8.52. The molecule has 0 spiro atoms. The molecule has 0 aliphatic carbocycles. The summed E-state index contributed by atoms with van der Waals surface area (Å²) in [6.45, 7) is 0.560. The average molecular weight is 222 g/mol. The molecule has 0 radical (unpaired) electrons. The number of anilines is 1. The number of aromatic nitrogens is 4. The molecular formula is C9H8ClN5. The predicted octanol–water partition coefficient (Wildman–Crippen LogP) is 1.53. The van der Waals surface area contributed by atoms with Gasteiger partial charge in [-0.15, -0.1) is 0 Å². The van der Waals surface area contributed by atoms with E-state index in [2.05, 4.69) is 25.3 Å². The summed E-state index contributed by atoms with van der Waals surface area (Å²) in [4.78, 5) is 15.9. The van der Waals surface area contributed by atoms with Gasteiger partial charge in [0.15, 0.2) is 0 Å². The van der Waals surface area contributed by atoms with Crippen molar-refractivity contribution in [3.05, 3.63) is 41.7 Å². The van der Waals surface area contributed by atoms with Crippen LogP contribution in [0.3, 0.4) is 0 Å². The van der Waals surface area contributed by atoms with Crippen LogP contribution in [0.25, 0.3) is 0 Å². The van der Waals surface area contributed by atoms with Crippen molar-refractivity contribution in [2.24, 2.45) is 0 Å². The molecule has 2 aromatic rings. The number of nitrogens with one attached hydrogen (secondary N) is 1. The van der Waals surface area contributed by atoms with Gasteiger partial charge < -0.3 is 5.32 Å². The van der Waals surface area contributed by atoms with Crippen LogP contribution in [0.4, 0.5) is 5.95 Å². The maximum atomic E-state index is 5.66. The Kier molecular flexibility index (Phi) is 3.04. The van der Waals surface area contributed by atoms with Gasteiger partial charge in [-0.2, -0.15) is 0 Å². The number of hydrogen-bond donors (Lipinski definition) is 1. The Morgan fingerprint density at radius 2 is 2.00 bits per heavy atom. The Balaban J connectivity index is 1.96. The maximum Gasteiger partial charge on any atom is 0.222 e. The Hall–Kier alpha value is -1.75. The standard InChI is InChI=1S/C9H8ClN5/c10-7-3-12-9(13-4-7)14-5-8-1-2-11-6-15-8/h1-4,6H,5H2,(H,12,13,14). The number of halogens is 1. The SMILES string of the molecule is Clc1cnc(NCc2ccncn2)nc1. The van der Waals surface area contributed by atoms with Crippen LogP contribution in [0.1, 0.15) is 5.69 Å². The first-order chi connectivity index (χ1) is 7.34. The molecule has 1 N–H and O–H groups in total. The molecule has 5 nitrogen and oxygen atoms in total. The second kappa shape index (κ2) is 4.65. The first-order valence-electron chi connectivity index (χ1n) is 4.31. The molecule has 0 aliphatic rings. The minimum atomic E-state index is 0.516. The molecule has 0 atom stereocenters. The summed E-state index contributed by atoms with van der Waals surface area (Å²) in [5.41, 5.74) is 0.878. The molecule has 2 heterocycles. The molecule has 6 heteroatoms. The molecule has 0 saturated carbocycles. The zero-order chi connectivity index (χ0) is 10.5. The van der Waals surface area contributed by atoms with Crippen molar-refractivity contribution in [3.8, 4) is 0 Å². The predicted molar refractivity (Wildman–Crippen MR) is 56.4 cm³/mol. The third-order valence-electron chi connectivity index (χ3n) is 1.69. The first-order valence-corrected chi connectivity index (χ1v) is 4.69. The highest BCUT2D eigenvalue weighted by Crippen LogP contribution is 2.06. The fourth-order valence-corrected chi connectivity index (χ4v) is 1.09. The largest absolute Gasteiger partial charge is 0.349 e. The van der Waals surface area contributed by atoms with Gasteiger partial charge in [-0.05, 0) is 6.07 Å². The molecule has 76 valence electrons. The molecule has 0 bridgehead atoms. The van der Waals surface area contributed by atoms with Gasteiger partial charge in [0.2, 0.25) is 5.95 Å². The van der Waals surface area contributed by atoms with E-state index in [1.54, 1.807) is 6.20 Å². The molecule has 0 aliphatic heterocycles. The maximum absolute atomic E-state index is 5.66. The lowest BCUT2D eigenvalue weighted by Crippen LogP contribution is -2.04. The lowest BCUT2D eigenvalue weighted by molar-refractivity contribution is 0.978. The molecular weight excluding hydrogens is 214 g/mol. The third-order valence-corrected chi connectivity index (χ3v) is 1.89. The Bertz CT molecular complexity index is 416. The highest BCUT2D eigenvalue weighted by Gasteiger charge is 1.96. The van der Waals surface area contributed by atoms with Gasteiger partial charge in [0.05, 0.1) is 29.7 Å². The van der Waals surface area contributed by atoms with E-state index in [0.717, 1.165) is 5.69 Å². The molecule has 0 aromatic carbocycles. The summed E-state index contributed by atoms with van der Waals surface area (Å²) in [6.07, 6.45) is 6.26. The quantitative estimate of drug-likeness (QED) is 0.852. The number of rotatable bonds is 3. The van der Waals surface area contributed by atoms with Crippen LogP contribution >= 0.6 is 11.6 Å². The van der Waals surface area contributed by atoms with Crippen molar-refractivity contribution in [1.82, 2.24) is 19.9 Å². The highest BCUT2D eigenvalue weighted by molar-refractivity contribution is 6.30. The molecule has 15 heavy (non-hydrogen) atoms. The van der Waals surface area contributed by atoms with E-state index in [4.69, 9.17) is 11.6 Å². The topological polar surface area (TPSA) is 63.6 Å². The normalized spacial score (nSPS) is 9.93. The van der Waals surface area contributed by atoms with Gasteiger partial charge in [-0.1, -0.05) is 11.6 Å². The van der Waals surface area contributed by atoms with Gasteiger partial charge in [0.1, 0.15) is 6.33 Å². The summed E-state index contributed by atoms with van der Waals surface area (Å²) in [6, 6.07) is 1.82. The second-order valence-electron chi connectivity index (χ2n) is 2.78. The van der Waals surface area contributed by atoms with Gasteiger partial charge in [-0.25, -0.2) is 19.9 Å². The van der Waals surface area contributed by atoms with E-state index in [-0.39, 0.29) is 0 Å². The van der Waals surface area contributed by atoms with Crippen molar-refractivity contribution in [2.45, 2.75) is 6.54 Å². The molecule has 2 aromatic heterocycles. The Labute approximate surface area is 91.6 Å². The summed E-state index contributed by atoms with van der Waals surface area (Å²) < 4.78 is 0. The third kappa shape index (κ3) is 2.85. The lowest BCUT2D eigenvalue weighted by Gasteiger charge is -2.02. The van der Waals surface area contributed by atoms with Gasteiger partial charge in [-0.3, -0.25) is 0 Å². The van der Waals surface area contributed by atoms with Crippen LogP contribution in [0.5, 0.6) is 0 Å². The van der Waals surface area contributed by atoms with Crippen molar-refractivity contribution in [3.63, 3.8) is 0 Å². The summed E-state index contributed by atoms with van der Waals surface area (Å²) >= 11 is 5.66. The van der Waals surface area contributed by atoms with Crippen molar-refractivity contribution in [2.75, 3.05) is 5.32 Å². The van der Waals surface area contributed by atoms with Gasteiger partial charge in [0.25, 0.3) is 0 Å². The zero-order valence-electron chi connectivity index (χ0n) is 7.76. The molecule has 0 unspecified atom stereocenters. The summed E-state index contributed by atoms with van der Waals surface area (Å²) in [5, 5.41) is 3.53. The lowest BCUT2D eigenvalue weighted by atomic mass is 10.4. The van der Waals surface area contributed by atoms with Crippen LogP contribution < -0.4 is 5.32 Å². The van der Waals surface area contributed by atoms with Crippen LogP contribution in [0.15, 0.2) is 31.0 Å². The van der Waals surface area contributed by atoms with E-state index < -0.39 is 0 Å². The second-order valence-corrected chi connectivity index (χ2v) is 3.22. The summed E-state index contributed by atoms with van der Waals surface area (Å²) in [5.74, 6) is 0.526. The molecule has 0 fully saturated rings. The molecule has 0 amide bonds. The average Bonchev–Trinajstić information content (AvgIpc) is 2.30. The Morgan fingerprint density at radius 3 is 2.67 bits per heavy atom. The monoisotopic (exact) mass is 221 g/mol. The van der Waals surface area contributed by atoms with E-state index in [1.165, 1.54) is 18.7 Å². The fraction of sp³-hybridized carbons (Fsp3) is 0.111. The molecule has 2 rings (SSSR count).